The summed E-state index contributed by atoms with van der Waals surface area (Å²) in [6.07, 6.45) is 6.38. The first-order valence-corrected chi connectivity index (χ1v) is 8.48. The lowest BCUT2D eigenvalue weighted by Gasteiger charge is -2.25. The first kappa shape index (κ1) is 15.9. The van der Waals surface area contributed by atoms with E-state index in [1.807, 2.05) is 12.1 Å². The van der Waals surface area contributed by atoms with E-state index in [-0.39, 0.29) is 5.82 Å². The fourth-order valence-corrected chi connectivity index (χ4v) is 3.09. The van der Waals surface area contributed by atoms with Crippen molar-refractivity contribution in [2.24, 2.45) is 0 Å². The van der Waals surface area contributed by atoms with Crippen molar-refractivity contribution in [1.82, 2.24) is 4.90 Å². The molecule has 0 aliphatic carbocycles. The number of rotatable bonds is 4. The van der Waals surface area contributed by atoms with Crippen LogP contribution in [-0.4, -0.2) is 24.5 Å². The van der Waals surface area contributed by atoms with Gasteiger partial charge in [0.1, 0.15) is 5.82 Å². The maximum atomic E-state index is 13.0. The van der Waals surface area contributed by atoms with E-state index < -0.39 is 0 Å². The molecule has 0 radical (unpaired) electrons. The van der Waals surface area contributed by atoms with Crippen molar-refractivity contribution >= 4 is 5.57 Å². The summed E-state index contributed by atoms with van der Waals surface area (Å²) < 4.78 is 13.0. The van der Waals surface area contributed by atoms with Gasteiger partial charge < -0.3 is 0 Å². The van der Waals surface area contributed by atoms with E-state index >= 15 is 0 Å². The number of likely N-dealkylation sites (tertiary alicyclic amines) is 1. The zero-order chi connectivity index (χ0) is 16.1. The second-order valence-corrected chi connectivity index (χ2v) is 6.33. The highest BCUT2D eigenvalue weighted by molar-refractivity contribution is 5.69. The minimum atomic E-state index is -0.193. The molecule has 2 aromatic rings. The Kier molecular flexibility index (Phi) is 5.24. The number of piperidine rings is 1. The molecule has 23 heavy (non-hydrogen) atoms. The summed E-state index contributed by atoms with van der Waals surface area (Å²) in [7, 11) is 0. The van der Waals surface area contributed by atoms with Crippen LogP contribution in [0.3, 0.4) is 0 Å². The smallest absolute Gasteiger partial charge is 0.123 e. The van der Waals surface area contributed by atoms with Gasteiger partial charge in [-0.25, -0.2) is 4.39 Å². The van der Waals surface area contributed by atoms with E-state index in [9.17, 15) is 4.39 Å². The predicted molar refractivity (Wildman–Crippen MR) is 95.8 cm³/mol. The Hall–Kier alpha value is -1.93. The van der Waals surface area contributed by atoms with Gasteiger partial charge >= 0.3 is 0 Å². The van der Waals surface area contributed by atoms with E-state index in [0.717, 1.165) is 17.7 Å². The molecule has 0 amide bonds. The van der Waals surface area contributed by atoms with Crippen molar-refractivity contribution in [1.29, 1.82) is 0 Å². The summed E-state index contributed by atoms with van der Waals surface area (Å²) in [6, 6.07) is 15.2. The van der Waals surface area contributed by atoms with Crippen LogP contribution in [0.5, 0.6) is 0 Å². The molecule has 1 nitrogen and oxygen atoms in total. The Morgan fingerprint density at radius 3 is 2.09 bits per heavy atom. The van der Waals surface area contributed by atoms with Crippen molar-refractivity contribution in [3.05, 3.63) is 66.0 Å². The molecule has 1 aliphatic heterocycles. The zero-order valence-electron chi connectivity index (χ0n) is 13.8. The Morgan fingerprint density at radius 2 is 1.48 bits per heavy atom. The van der Waals surface area contributed by atoms with Crippen molar-refractivity contribution in [3.63, 3.8) is 0 Å². The highest BCUT2D eigenvalue weighted by Gasteiger charge is 2.08. The summed E-state index contributed by atoms with van der Waals surface area (Å²) in [5, 5.41) is 0. The van der Waals surface area contributed by atoms with E-state index in [4.69, 9.17) is 0 Å². The topological polar surface area (TPSA) is 3.24 Å². The quantitative estimate of drug-likeness (QED) is 0.732. The van der Waals surface area contributed by atoms with Gasteiger partial charge in [-0.1, -0.05) is 48.9 Å². The average molecular weight is 309 g/mol. The van der Waals surface area contributed by atoms with Gasteiger partial charge in [-0.15, -0.1) is 0 Å². The van der Waals surface area contributed by atoms with Gasteiger partial charge in [0.05, 0.1) is 0 Å². The third-order valence-electron chi connectivity index (χ3n) is 4.62. The van der Waals surface area contributed by atoms with Crippen LogP contribution in [0.15, 0.2) is 54.6 Å². The van der Waals surface area contributed by atoms with Crippen LogP contribution in [0.1, 0.15) is 31.7 Å². The molecule has 1 fully saturated rings. The van der Waals surface area contributed by atoms with E-state index in [1.165, 1.54) is 55.6 Å². The number of hydrogen-bond acceptors (Lipinski definition) is 1. The van der Waals surface area contributed by atoms with Gasteiger partial charge in [0, 0.05) is 6.54 Å². The molecule has 3 rings (SSSR count). The Morgan fingerprint density at radius 1 is 0.913 bits per heavy atom. The standard InChI is InChI=1S/C21H24FN/c1-17(13-16-23-14-3-2-4-15-23)18-5-7-19(8-6-18)20-9-11-21(22)12-10-20/h5-13H,2-4,14-16H2,1H3/b17-13-. The van der Waals surface area contributed by atoms with Crippen molar-refractivity contribution in [2.45, 2.75) is 26.2 Å². The van der Waals surface area contributed by atoms with Gasteiger partial charge in [0.25, 0.3) is 0 Å². The largest absolute Gasteiger partial charge is 0.300 e. The van der Waals surface area contributed by atoms with Crippen LogP contribution in [0, 0.1) is 5.82 Å². The van der Waals surface area contributed by atoms with E-state index in [2.05, 4.69) is 42.2 Å². The number of benzene rings is 2. The van der Waals surface area contributed by atoms with Crippen LogP contribution < -0.4 is 0 Å². The molecule has 2 heteroatoms. The molecule has 2 aromatic carbocycles. The summed E-state index contributed by atoms with van der Waals surface area (Å²) in [5.41, 5.74) is 4.75. The van der Waals surface area contributed by atoms with Crippen molar-refractivity contribution < 1.29 is 4.39 Å². The Labute approximate surface area is 138 Å². The molecule has 0 spiro atoms. The zero-order valence-corrected chi connectivity index (χ0v) is 13.8. The molecule has 1 saturated heterocycles. The first-order chi connectivity index (χ1) is 11.2. The summed E-state index contributed by atoms with van der Waals surface area (Å²) in [6.45, 7) is 5.68. The third kappa shape index (κ3) is 4.29. The highest BCUT2D eigenvalue weighted by Crippen LogP contribution is 2.23. The average Bonchev–Trinajstić information content (AvgIpc) is 2.61. The molecule has 0 atom stereocenters. The summed E-state index contributed by atoms with van der Waals surface area (Å²) >= 11 is 0. The molecular formula is C21H24FN. The van der Waals surface area contributed by atoms with Crippen molar-refractivity contribution in [2.75, 3.05) is 19.6 Å². The lowest BCUT2D eigenvalue weighted by Crippen LogP contribution is -2.29. The molecule has 0 N–H and O–H groups in total. The molecule has 1 heterocycles. The lowest BCUT2D eigenvalue weighted by atomic mass is 10.0. The minimum absolute atomic E-state index is 0.193. The molecule has 120 valence electrons. The molecule has 0 bridgehead atoms. The number of allylic oxidation sites excluding steroid dienone is 1. The maximum absolute atomic E-state index is 13.0. The van der Waals surface area contributed by atoms with Gasteiger partial charge in [-0.3, -0.25) is 4.90 Å². The SMILES string of the molecule is C/C(=C/CN1CCCCC1)c1ccc(-c2ccc(F)cc2)cc1. The van der Waals surface area contributed by atoms with Gasteiger partial charge in [0.2, 0.25) is 0 Å². The van der Waals surface area contributed by atoms with Crippen LogP contribution >= 0.6 is 0 Å². The molecule has 0 aromatic heterocycles. The first-order valence-electron chi connectivity index (χ1n) is 8.48. The molecular weight excluding hydrogens is 285 g/mol. The predicted octanol–water partition coefficient (Wildman–Crippen LogP) is 5.38. The van der Waals surface area contributed by atoms with Gasteiger partial charge in [-0.05, 0) is 67.3 Å². The fraction of sp³-hybridized carbons (Fsp3) is 0.333. The fourth-order valence-electron chi connectivity index (χ4n) is 3.09. The number of halogens is 1. The van der Waals surface area contributed by atoms with Crippen molar-refractivity contribution in [3.8, 4) is 11.1 Å². The van der Waals surface area contributed by atoms with Crippen LogP contribution in [0.25, 0.3) is 16.7 Å². The van der Waals surface area contributed by atoms with Crippen LogP contribution in [0.4, 0.5) is 4.39 Å². The summed E-state index contributed by atoms with van der Waals surface area (Å²) in [4.78, 5) is 2.53. The van der Waals surface area contributed by atoms with Gasteiger partial charge in [0.15, 0.2) is 0 Å². The third-order valence-corrected chi connectivity index (χ3v) is 4.62. The van der Waals surface area contributed by atoms with Crippen LogP contribution in [0.2, 0.25) is 0 Å². The Bertz CT molecular complexity index is 649. The minimum Gasteiger partial charge on any atom is -0.300 e. The normalized spacial score (nSPS) is 16.5. The molecule has 0 unspecified atom stereocenters. The monoisotopic (exact) mass is 309 g/mol. The molecule has 0 saturated carbocycles. The van der Waals surface area contributed by atoms with E-state index in [0.29, 0.717) is 0 Å². The second kappa shape index (κ2) is 7.56. The summed E-state index contributed by atoms with van der Waals surface area (Å²) in [5.74, 6) is -0.193. The Balaban J connectivity index is 1.67. The number of nitrogens with zero attached hydrogens (tertiary/aromatic N) is 1. The lowest BCUT2D eigenvalue weighted by molar-refractivity contribution is 0.251. The highest BCUT2D eigenvalue weighted by atomic mass is 19.1. The second-order valence-electron chi connectivity index (χ2n) is 6.33. The maximum Gasteiger partial charge on any atom is 0.123 e. The molecule has 1 aliphatic rings. The van der Waals surface area contributed by atoms with Gasteiger partial charge in [-0.2, -0.15) is 0 Å². The number of hydrogen-bond donors (Lipinski definition) is 0. The van der Waals surface area contributed by atoms with Crippen LogP contribution in [-0.2, 0) is 0 Å². The van der Waals surface area contributed by atoms with E-state index in [1.54, 1.807) is 0 Å².